The van der Waals surface area contributed by atoms with Gasteiger partial charge < -0.3 is 9.09 Å². The molecule has 2 heterocycles. The zero-order valence-corrected chi connectivity index (χ0v) is 13.0. The van der Waals surface area contributed by atoms with Crippen LogP contribution < -0.4 is 0 Å². The van der Waals surface area contributed by atoms with Crippen LogP contribution in [0.4, 0.5) is 0 Å². The molecule has 0 aliphatic carbocycles. The normalized spacial score (nSPS) is 11.2. The summed E-state index contributed by atoms with van der Waals surface area (Å²) < 4.78 is 7.51. The Morgan fingerprint density at radius 1 is 1.04 bits per heavy atom. The topological polar surface area (TPSA) is 56.7 Å². The molecule has 0 aliphatic rings. The minimum Gasteiger partial charge on any atom is -0.334 e. The van der Waals surface area contributed by atoms with E-state index in [9.17, 15) is 0 Å². The second-order valence-electron chi connectivity index (χ2n) is 5.52. The van der Waals surface area contributed by atoms with Crippen LogP contribution in [-0.2, 0) is 6.54 Å². The zero-order valence-electron chi connectivity index (χ0n) is 13.0. The van der Waals surface area contributed by atoms with Gasteiger partial charge in [0, 0.05) is 17.7 Å². The fraction of sp³-hybridized carbons (Fsp3) is 0.167. The van der Waals surface area contributed by atoms with E-state index in [1.165, 1.54) is 5.56 Å². The highest BCUT2D eigenvalue weighted by molar-refractivity contribution is 5.80. The highest BCUT2D eigenvalue weighted by Crippen LogP contribution is 2.25. The lowest BCUT2D eigenvalue weighted by Crippen LogP contribution is -1.91. The Bertz CT molecular complexity index is 966. The van der Waals surface area contributed by atoms with Gasteiger partial charge >= 0.3 is 0 Å². The fourth-order valence-corrected chi connectivity index (χ4v) is 2.60. The molecule has 0 fully saturated rings. The van der Waals surface area contributed by atoms with Crippen molar-refractivity contribution >= 4 is 11.0 Å². The maximum absolute atomic E-state index is 5.41. The number of rotatable bonds is 3. The number of nitrogens with zero attached hydrogens (tertiary/aromatic N) is 4. The summed E-state index contributed by atoms with van der Waals surface area (Å²) in [5.41, 5.74) is 5.10. The predicted molar refractivity (Wildman–Crippen MR) is 88.9 cm³/mol. The van der Waals surface area contributed by atoms with E-state index in [2.05, 4.69) is 39.6 Å². The van der Waals surface area contributed by atoms with Crippen LogP contribution in [0, 0.1) is 6.92 Å². The quantitative estimate of drug-likeness (QED) is 0.572. The lowest BCUT2D eigenvalue weighted by molar-refractivity contribution is 0.432. The third-order valence-electron chi connectivity index (χ3n) is 3.94. The van der Waals surface area contributed by atoms with Crippen molar-refractivity contribution in [2.24, 2.45) is 0 Å². The Kier molecular flexibility index (Phi) is 3.19. The van der Waals surface area contributed by atoms with Crippen LogP contribution in [0.15, 0.2) is 53.3 Å². The van der Waals surface area contributed by atoms with Crippen LogP contribution in [0.25, 0.3) is 33.9 Å². The molecule has 0 aliphatic heterocycles. The van der Waals surface area contributed by atoms with Crippen molar-refractivity contribution in [1.29, 1.82) is 0 Å². The van der Waals surface area contributed by atoms with E-state index in [0.717, 1.165) is 28.7 Å². The molecule has 2 aromatic heterocycles. The van der Waals surface area contributed by atoms with Crippen molar-refractivity contribution in [3.63, 3.8) is 0 Å². The molecule has 0 amide bonds. The van der Waals surface area contributed by atoms with E-state index in [-0.39, 0.29) is 0 Å². The van der Waals surface area contributed by atoms with Crippen LogP contribution in [0.5, 0.6) is 0 Å². The van der Waals surface area contributed by atoms with E-state index in [1.54, 1.807) is 0 Å². The molecule has 0 unspecified atom stereocenters. The highest BCUT2D eigenvalue weighted by atomic mass is 16.5. The summed E-state index contributed by atoms with van der Waals surface area (Å²) in [7, 11) is 0. The first-order chi connectivity index (χ1) is 11.2. The number of aromatic nitrogens is 4. The van der Waals surface area contributed by atoms with Gasteiger partial charge in [-0.25, -0.2) is 4.98 Å². The first kappa shape index (κ1) is 13.7. The summed E-state index contributed by atoms with van der Waals surface area (Å²) in [6, 6.07) is 14.0. The van der Waals surface area contributed by atoms with Gasteiger partial charge in [0.15, 0.2) is 0 Å². The van der Waals surface area contributed by atoms with Gasteiger partial charge in [-0.15, -0.1) is 0 Å². The molecule has 2 aromatic carbocycles. The van der Waals surface area contributed by atoms with E-state index in [1.807, 2.05) is 42.7 Å². The molecule has 5 nitrogen and oxygen atoms in total. The molecule has 114 valence electrons. The molecular weight excluding hydrogens is 288 g/mol. The van der Waals surface area contributed by atoms with Crippen molar-refractivity contribution in [2.75, 3.05) is 0 Å². The summed E-state index contributed by atoms with van der Waals surface area (Å²) in [5, 5.41) is 4.12. The average molecular weight is 304 g/mol. The van der Waals surface area contributed by atoms with Gasteiger partial charge in [0.25, 0.3) is 5.89 Å². The van der Waals surface area contributed by atoms with Gasteiger partial charge in [0.2, 0.25) is 5.82 Å². The molecule has 0 N–H and O–H groups in total. The van der Waals surface area contributed by atoms with Crippen molar-refractivity contribution in [1.82, 2.24) is 19.7 Å². The standard InChI is InChI=1S/C18H16N4O/c1-3-22-11-19-15-9-8-14(10-16(15)22)17-20-18(23-21-17)13-6-4-12(2)5-7-13/h4-11H,3H2,1-2H3. The number of imidazole rings is 1. The minimum atomic E-state index is 0.532. The van der Waals surface area contributed by atoms with E-state index in [0.29, 0.717) is 11.7 Å². The van der Waals surface area contributed by atoms with Gasteiger partial charge in [-0.05, 0) is 44.2 Å². The van der Waals surface area contributed by atoms with Crippen LogP contribution >= 0.6 is 0 Å². The molecule has 5 heteroatoms. The maximum atomic E-state index is 5.41. The Morgan fingerprint density at radius 2 is 1.83 bits per heavy atom. The molecule has 0 saturated carbocycles. The van der Waals surface area contributed by atoms with Crippen LogP contribution in [0.2, 0.25) is 0 Å². The zero-order chi connectivity index (χ0) is 15.8. The van der Waals surface area contributed by atoms with Gasteiger partial charge in [-0.1, -0.05) is 22.9 Å². The summed E-state index contributed by atoms with van der Waals surface area (Å²) in [6.45, 7) is 5.02. The van der Waals surface area contributed by atoms with Crippen LogP contribution in [-0.4, -0.2) is 19.7 Å². The van der Waals surface area contributed by atoms with Gasteiger partial charge in [0.1, 0.15) is 0 Å². The number of benzene rings is 2. The second-order valence-corrected chi connectivity index (χ2v) is 5.52. The van der Waals surface area contributed by atoms with Crippen molar-refractivity contribution in [3.8, 4) is 22.8 Å². The summed E-state index contributed by atoms with van der Waals surface area (Å²) in [5.74, 6) is 1.12. The molecule has 4 aromatic rings. The Labute approximate surface area is 133 Å². The number of fused-ring (bicyclic) bond motifs is 1. The fourth-order valence-electron chi connectivity index (χ4n) is 2.60. The van der Waals surface area contributed by atoms with Gasteiger partial charge in [-0.2, -0.15) is 4.98 Å². The number of hydrogen-bond donors (Lipinski definition) is 0. The first-order valence-electron chi connectivity index (χ1n) is 7.60. The number of aryl methyl sites for hydroxylation is 2. The van der Waals surface area contributed by atoms with Crippen LogP contribution in [0.3, 0.4) is 0 Å². The van der Waals surface area contributed by atoms with Crippen molar-refractivity contribution in [2.45, 2.75) is 20.4 Å². The third kappa shape index (κ3) is 2.40. The smallest absolute Gasteiger partial charge is 0.258 e. The molecular formula is C18H16N4O. The molecule has 0 radical (unpaired) electrons. The molecule has 0 spiro atoms. The van der Waals surface area contributed by atoms with Crippen molar-refractivity contribution < 1.29 is 4.52 Å². The SMILES string of the molecule is CCn1cnc2ccc(-c3noc(-c4ccc(C)cc4)n3)cc21. The molecule has 0 atom stereocenters. The van der Waals surface area contributed by atoms with E-state index < -0.39 is 0 Å². The Balaban J connectivity index is 1.75. The Morgan fingerprint density at radius 3 is 2.61 bits per heavy atom. The first-order valence-corrected chi connectivity index (χ1v) is 7.60. The van der Waals surface area contributed by atoms with Gasteiger partial charge in [-0.3, -0.25) is 0 Å². The molecule has 0 bridgehead atoms. The number of hydrogen-bond acceptors (Lipinski definition) is 4. The molecule has 4 rings (SSSR count). The molecule has 0 saturated heterocycles. The third-order valence-corrected chi connectivity index (χ3v) is 3.94. The van der Waals surface area contributed by atoms with Gasteiger partial charge in [0.05, 0.1) is 17.4 Å². The summed E-state index contributed by atoms with van der Waals surface area (Å²) in [4.78, 5) is 8.90. The molecule has 23 heavy (non-hydrogen) atoms. The average Bonchev–Trinajstić information content (AvgIpc) is 3.21. The lowest BCUT2D eigenvalue weighted by atomic mass is 10.1. The summed E-state index contributed by atoms with van der Waals surface area (Å²) >= 11 is 0. The largest absolute Gasteiger partial charge is 0.334 e. The minimum absolute atomic E-state index is 0.532. The van der Waals surface area contributed by atoms with E-state index >= 15 is 0 Å². The Hall–Kier alpha value is -2.95. The summed E-state index contributed by atoms with van der Waals surface area (Å²) in [6.07, 6.45) is 1.85. The maximum Gasteiger partial charge on any atom is 0.258 e. The van der Waals surface area contributed by atoms with E-state index in [4.69, 9.17) is 4.52 Å². The second kappa shape index (κ2) is 5.35. The monoisotopic (exact) mass is 304 g/mol. The predicted octanol–water partition coefficient (Wildman–Crippen LogP) is 4.08. The van der Waals surface area contributed by atoms with Crippen LogP contribution in [0.1, 0.15) is 12.5 Å². The lowest BCUT2D eigenvalue weighted by Gasteiger charge is -2.00. The highest BCUT2D eigenvalue weighted by Gasteiger charge is 2.12. The van der Waals surface area contributed by atoms with Crippen molar-refractivity contribution in [3.05, 3.63) is 54.4 Å².